The SMILES string of the molecule is CCN(CC)C(=S)NC(=O)c1ccc(C)c(Br)c1. The Kier molecular flexibility index (Phi) is 5.75. The molecule has 0 heterocycles. The highest BCUT2D eigenvalue weighted by atomic mass is 79.9. The van der Waals surface area contributed by atoms with Crippen LogP contribution in [-0.4, -0.2) is 29.0 Å². The molecule has 0 saturated carbocycles. The number of amides is 1. The Morgan fingerprint density at radius 2 is 2.00 bits per heavy atom. The lowest BCUT2D eigenvalue weighted by Crippen LogP contribution is -2.42. The van der Waals surface area contributed by atoms with E-state index < -0.39 is 0 Å². The fraction of sp³-hybridized carbons (Fsp3) is 0.385. The number of hydrogen-bond donors (Lipinski definition) is 1. The van der Waals surface area contributed by atoms with Crippen LogP contribution in [-0.2, 0) is 0 Å². The number of carbonyl (C=O) groups is 1. The number of aryl methyl sites for hydroxylation is 1. The Labute approximate surface area is 122 Å². The van der Waals surface area contributed by atoms with Crippen LogP contribution in [0.5, 0.6) is 0 Å². The first-order chi connectivity index (χ1) is 8.49. The zero-order valence-corrected chi connectivity index (χ0v) is 13.2. The molecule has 1 aromatic carbocycles. The van der Waals surface area contributed by atoms with E-state index in [0.717, 1.165) is 23.1 Å². The third kappa shape index (κ3) is 3.78. The molecule has 0 aliphatic carbocycles. The topological polar surface area (TPSA) is 32.3 Å². The van der Waals surface area contributed by atoms with Gasteiger partial charge in [0.15, 0.2) is 5.11 Å². The van der Waals surface area contributed by atoms with Crippen molar-refractivity contribution in [2.75, 3.05) is 13.1 Å². The van der Waals surface area contributed by atoms with Gasteiger partial charge in [-0.2, -0.15) is 0 Å². The number of halogens is 1. The molecule has 0 atom stereocenters. The van der Waals surface area contributed by atoms with Crippen molar-refractivity contribution >= 4 is 39.2 Å². The summed E-state index contributed by atoms with van der Waals surface area (Å²) in [5.74, 6) is -0.174. The number of carbonyl (C=O) groups excluding carboxylic acids is 1. The van der Waals surface area contributed by atoms with Gasteiger partial charge in [0.05, 0.1) is 0 Å². The van der Waals surface area contributed by atoms with Gasteiger partial charge in [0, 0.05) is 23.1 Å². The van der Waals surface area contributed by atoms with Crippen molar-refractivity contribution in [3.05, 3.63) is 33.8 Å². The molecule has 0 bridgehead atoms. The number of hydrogen-bond acceptors (Lipinski definition) is 2. The van der Waals surface area contributed by atoms with Gasteiger partial charge in [-0.3, -0.25) is 10.1 Å². The first kappa shape index (κ1) is 15.1. The van der Waals surface area contributed by atoms with E-state index in [1.807, 2.05) is 31.7 Å². The van der Waals surface area contributed by atoms with E-state index >= 15 is 0 Å². The lowest BCUT2D eigenvalue weighted by atomic mass is 10.1. The molecule has 0 spiro atoms. The van der Waals surface area contributed by atoms with Gasteiger partial charge in [-0.1, -0.05) is 22.0 Å². The van der Waals surface area contributed by atoms with Crippen LogP contribution in [0.2, 0.25) is 0 Å². The van der Waals surface area contributed by atoms with Gasteiger partial charge in [-0.05, 0) is 50.7 Å². The van der Waals surface area contributed by atoms with Crippen LogP contribution >= 0.6 is 28.1 Å². The molecule has 18 heavy (non-hydrogen) atoms. The zero-order chi connectivity index (χ0) is 13.7. The molecule has 98 valence electrons. The van der Waals surface area contributed by atoms with E-state index in [0.29, 0.717) is 10.7 Å². The number of thiocarbonyl (C=S) groups is 1. The maximum absolute atomic E-state index is 12.0. The summed E-state index contributed by atoms with van der Waals surface area (Å²) >= 11 is 8.60. The Morgan fingerprint density at radius 3 is 2.50 bits per heavy atom. The Hall–Kier alpha value is -0.940. The fourth-order valence-electron chi connectivity index (χ4n) is 1.49. The minimum atomic E-state index is -0.174. The lowest BCUT2D eigenvalue weighted by Gasteiger charge is -2.21. The number of benzene rings is 1. The molecule has 0 aliphatic heterocycles. The maximum Gasteiger partial charge on any atom is 0.257 e. The number of nitrogens with zero attached hydrogens (tertiary/aromatic N) is 1. The highest BCUT2D eigenvalue weighted by molar-refractivity contribution is 9.10. The van der Waals surface area contributed by atoms with E-state index in [9.17, 15) is 4.79 Å². The standard InChI is InChI=1S/C13H17BrN2OS/c1-4-16(5-2)13(18)15-12(17)10-7-6-9(3)11(14)8-10/h6-8H,4-5H2,1-3H3,(H,15,17,18). The highest BCUT2D eigenvalue weighted by Gasteiger charge is 2.12. The van der Waals surface area contributed by atoms with E-state index in [1.165, 1.54) is 0 Å². The highest BCUT2D eigenvalue weighted by Crippen LogP contribution is 2.17. The van der Waals surface area contributed by atoms with Crippen LogP contribution in [0.1, 0.15) is 29.8 Å². The Bertz CT molecular complexity index is 458. The van der Waals surface area contributed by atoms with Crippen molar-refractivity contribution in [1.82, 2.24) is 10.2 Å². The van der Waals surface area contributed by atoms with Crippen LogP contribution in [0.25, 0.3) is 0 Å². The van der Waals surface area contributed by atoms with Gasteiger partial charge in [0.25, 0.3) is 5.91 Å². The summed E-state index contributed by atoms with van der Waals surface area (Å²) in [6.45, 7) is 7.56. The monoisotopic (exact) mass is 328 g/mol. The normalized spacial score (nSPS) is 10.0. The third-order valence-corrected chi connectivity index (χ3v) is 3.92. The second kappa shape index (κ2) is 6.85. The summed E-state index contributed by atoms with van der Waals surface area (Å²) < 4.78 is 0.920. The van der Waals surface area contributed by atoms with Crippen molar-refractivity contribution in [2.45, 2.75) is 20.8 Å². The average Bonchev–Trinajstić information content (AvgIpc) is 2.34. The lowest BCUT2D eigenvalue weighted by molar-refractivity contribution is 0.0973. The summed E-state index contributed by atoms with van der Waals surface area (Å²) in [5.41, 5.74) is 1.69. The molecular weight excluding hydrogens is 312 g/mol. The first-order valence-corrected chi connectivity index (χ1v) is 7.06. The molecule has 1 rings (SSSR count). The maximum atomic E-state index is 12.0. The van der Waals surface area contributed by atoms with Crippen LogP contribution in [0.3, 0.4) is 0 Å². The van der Waals surface area contributed by atoms with Crippen LogP contribution in [0, 0.1) is 6.92 Å². The third-order valence-electron chi connectivity index (χ3n) is 2.71. The molecule has 0 aromatic heterocycles. The second-order valence-corrected chi connectivity index (χ2v) is 5.14. The molecule has 0 saturated heterocycles. The molecule has 3 nitrogen and oxygen atoms in total. The molecule has 0 radical (unpaired) electrons. The van der Waals surface area contributed by atoms with E-state index in [4.69, 9.17) is 12.2 Å². The largest absolute Gasteiger partial charge is 0.350 e. The number of rotatable bonds is 3. The van der Waals surface area contributed by atoms with Crippen molar-refractivity contribution in [3.63, 3.8) is 0 Å². The van der Waals surface area contributed by atoms with E-state index in [-0.39, 0.29) is 5.91 Å². The molecule has 1 aromatic rings. The summed E-state index contributed by atoms with van der Waals surface area (Å²) in [7, 11) is 0. The second-order valence-electron chi connectivity index (χ2n) is 3.90. The van der Waals surface area contributed by atoms with Gasteiger partial charge in [-0.15, -0.1) is 0 Å². The van der Waals surface area contributed by atoms with Crippen LogP contribution < -0.4 is 5.32 Å². The predicted molar refractivity (Wildman–Crippen MR) is 81.9 cm³/mol. The van der Waals surface area contributed by atoms with Crippen molar-refractivity contribution in [2.24, 2.45) is 0 Å². The Balaban J connectivity index is 2.76. The quantitative estimate of drug-likeness (QED) is 0.865. The summed E-state index contributed by atoms with van der Waals surface area (Å²) in [6.07, 6.45) is 0. The van der Waals surface area contributed by atoms with E-state index in [1.54, 1.807) is 12.1 Å². The van der Waals surface area contributed by atoms with Crippen LogP contribution in [0.15, 0.2) is 22.7 Å². The molecule has 1 amide bonds. The molecule has 0 unspecified atom stereocenters. The molecular formula is C13H17BrN2OS. The minimum Gasteiger partial charge on any atom is -0.350 e. The minimum absolute atomic E-state index is 0.174. The summed E-state index contributed by atoms with van der Waals surface area (Å²) in [6, 6.07) is 5.50. The van der Waals surface area contributed by atoms with Crippen molar-refractivity contribution < 1.29 is 4.79 Å². The Morgan fingerprint density at radius 1 is 1.39 bits per heavy atom. The zero-order valence-electron chi connectivity index (χ0n) is 10.8. The average molecular weight is 329 g/mol. The molecule has 0 fully saturated rings. The molecule has 1 N–H and O–H groups in total. The molecule has 0 aliphatic rings. The predicted octanol–water partition coefficient (Wildman–Crippen LogP) is 3.11. The summed E-state index contributed by atoms with van der Waals surface area (Å²) in [4.78, 5) is 13.9. The van der Waals surface area contributed by atoms with Gasteiger partial charge in [0.2, 0.25) is 0 Å². The number of nitrogens with one attached hydrogen (secondary N) is 1. The van der Waals surface area contributed by atoms with Gasteiger partial charge in [0.1, 0.15) is 0 Å². The summed E-state index contributed by atoms with van der Waals surface area (Å²) in [5, 5.41) is 3.22. The van der Waals surface area contributed by atoms with Gasteiger partial charge < -0.3 is 4.90 Å². The van der Waals surface area contributed by atoms with Crippen molar-refractivity contribution in [3.8, 4) is 0 Å². The van der Waals surface area contributed by atoms with Crippen molar-refractivity contribution in [1.29, 1.82) is 0 Å². The molecule has 5 heteroatoms. The first-order valence-electron chi connectivity index (χ1n) is 5.86. The van der Waals surface area contributed by atoms with Gasteiger partial charge in [-0.25, -0.2) is 0 Å². The smallest absolute Gasteiger partial charge is 0.257 e. The fourth-order valence-corrected chi connectivity index (χ4v) is 2.22. The van der Waals surface area contributed by atoms with Gasteiger partial charge >= 0.3 is 0 Å². The van der Waals surface area contributed by atoms with Crippen LogP contribution in [0.4, 0.5) is 0 Å². The van der Waals surface area contributed by atoms with E-state index in [2.05, 4.69) is 21.2 Å².